The number of nitriles is 1. The minimum atomic E-state index is -0.448. The van der Waals surface area contributed by atoms with Gasteiger partial charge < -0.3 is 4.74 Å². The van der Waals surface area contributed by atoms with Gasteiger partial charge in [-0.2, -0.15) is 15.4 Å². The Labute approximate surface area is 225 Å². The second-order valence-corrected chi connectivity index (χ2v) is 10.1. The first-order valence-electron chi connectivity index (χ1n) is 13.0. The van der Waals surface area contributed by atoms with Gasteiger partial charge in [0.05, 0.1) is 29.7 Å². The molecule has 4 aliphatic rings. The molecule has 0 spiro atoms. The average molecular weight is 510 g/mol. The average Bonchev–Trinajstić information content (AvgIpc) is 3.25. The number of hydrogen-bond acceptors (Lipinski definition) is 5. The van der Waals surface area contributed by atoms with E-state index in [0.29, 0.717) is 11.3 Å². The highest BCUT2D eigenvalue weighted by Gasteiger charge is 2.61. The third-order valence-electron chi connectivity index (χ3n) is 8.16. The van der Waals surface area contributed by atoms with Crippen LogP contribution in [0, 0.1) is 23.2 Å². The fourth-order valence-corrected chi connectivity index (χ4v) is 6.47. The van der Waals surface area contributed by atoms with Crippen molar-refractivity contribution in [1.29, 1.82) is 5.26 Å². The van der Waals surface area contributed by atoms with E-state index in [1.807, 2.05) is 54.6 Å². The Morgan fingerprint density at radius 2 is 1.26 bits per heavy atom. The van der Waals surface area contributed by atoms with Crippen LogP contribution in [-0.4, -0.2) is 23.0 Å². The molecule has 1 heterocycles. The molecule has 1 fully saturated rings. The van der Waals surface area contributed by atoms with Crippen molar-refractivity contribution < 1.29 is 14.3 Å². The molecule has 2 atom stereocenters. The smallest absolute Gasteiger partial charge is 0.254 e. The highest BCUT2D eigenvalue weighted by molar-refractivity contribution is 6.08. The van der Waals surface area contributed by atoms with Crippen molar-refractivity contribution in [2.45, 2.75) is 18.4 Å². The molecular weight excluding hydrogens is 486 g/mol. The molecule has 6 heteroatoms. The van der Waals surface area contributed by atoms with Crippen molar-refractivity contribution in [3.63, 3.8) is 0 Å². The number of carbonyl (C=O) groups excluding carboxylic acids is 2. The van der Waals surface area contributed by atoms with E-state index < -0.39 is 11.8 Å². The predicted octanol–water partition coefficient (Wildman–Crippen LogP) is 5.36. The molecule has 2 amide bonds. The summed E-state index contributed by atoms with van der Waals surface area (Å²) in [6.45, 7) is 0.282. The van der Waals surface area contributed by atoms with Crippen LogP contribution in [0.4, 0.5) is 0 Å². The molecule has 0 saturated carbocycles. The monoisotopic (exact) mass is 509 g/mol. The second-order valence-electron chi connectivity index (χ2n) is 10.1. The number of imide groups is 1. The summed E-state index contributed by atoms with van der Waals surface area (Å²) >= 11 is 0. The maximum absolute atomic E-state index is 13.7. The number of amides is 2. The van der Waals surface area contributed by atoms with Crippen molar-refractivity contribution in [1.82, 2.24) is 5.01 Å². The van der Waals surface area contributed by atoms with Gasteiger partial charge in [0.15, 0.2) is 0 Å². The van der Waals surface area contributed by atoms with Crippen LogP contribution in [0.5, 0.6) is 5.75 Å². The van der Waals surface area contributed by atoms with Crippen molar-refractivity contribution in [2.75, 3.05) is 0 Å². The Hall–Kier alpha value is -5.02. The van der Waals surface area contributed by atoms with Crippen LogP contribution in [0.2, 0.25) is 0 Å². The first kappa shape index (κ1) is 23.1. The van der Waals surface area contributed by atoms with Gasteiger partial charge in [0.25, 0.3) is 11.8 Å². The summed E-state index contributed by atoms with van der Waals surface area (Å²) in [5.74, 6) is -1.02. The highest BCUT2D eigenvalue weighted by Crippen LogP contribution is 2.60. The summed E-state index contributed by atoms with van der Waals surface area (Å²) in [7, 11) is 0. The highest BCUT2D eigenvalue weighted by atomic mass is 16.5. The number of nitrogens with zero attached hydrogens (tertiary/aromatic N) is 3. The third-order valence-corrected chi connectivity index (χ3v) is 8.16. The standard InChI is InChI=1S/C33H23N3O3/c34-17-21-7-1-2-8-22(21)19-39-23-15-13-20(14-16-23)18-35-36-32(37)30-28-24-9-3-4-10-25(24)29(31(30)33(36)38)27-12-6-5-11-26(27)28/h1-16,18,28-31H,19H2/b35-18-/t28?,29?,30-,31-/m1/s1. The Morgan fingerprint density at radius 1 is 0.744 bits per heavy atom. The zero-order valence-corrected chi connectivity index (χ0v) is 20.9. The van der Waals surface area contributed by atoms with Crippen molar-refractivity contribution in [3.05, 3.63) is 136 Å². The van der Waals surface area contributed by atoms with Crippen LogP contribution in [0.3, 0.4) is 0 Å². The summed E-state index contributed by atoms with van der Waals surface area (Å²) in [5, 5.41) is 14.7. The second kappa shape index (κ2) is 9.07. The lowest BCUT2D eigenvalue weighted by Crippen LogP contribution is -2.41. The predicted molar refractivity (Wildman–Crippen MR) is 145 cm³/mol. The van der Waals surface area contributed by atoms with Gasteiger partial charge in [-0.1, -0.05) is 66.7 Å². The number of rotatable bonds is 5. The van der Waals surface area contributed by atoms with Gasteiger partial charge in [-0.05, 0) is 58.1 Å². The maximum atomic E-state index is 13.7. The van der Waals surface area contributed by atoms with Gasteiger partial charge in [0, 0.05) is 17.4 Å². The molecule has 39 heavy (non-hydrogen) atoms. The molecule has 6 nitrogen and oxygen atoms in total. The van der Waals surface area contributed by atoms with E-state index in [2.05, 4.69) is 35.4 Å². The fraction of sp³-hybridized carbons (Fsp3) is 0.152. The topological polar surface area (TPSA) is 82.8 Å². The zero-order valence-electron chi connectivity index (χ0n) is 20.9. The molecule has 0 N–H and O–H groups in total. The van der Waals surface area contributed by atoms with Crippen LogP contribution in [0.25, 0.3) is 0 Å². The van der Waals surface area contributed by atoms with E-state index in [-0.39, 0.29) is 30.3 Å². The van der Waals surface area contributed by atoms with E-state index in [0.717, 1.165) is 38.4 Å². The maximum Gasteiger partial charge on any atom is 0.254 e. The molecule has 0 unspecified atom stereocenters. The summed E-state index contributed by atoms with van der Waals surface area (Å²) in [6, 6.07) is 33.1. The minimum Gasteiger partial charge on any atom is -0.489 e. The van der Waals surface area contributed by atoms with Gasteiger partial charge >= 0.3 is 0 Å². The molecule has 4 aromatic rings. The molecule has 8 rings (SSSR count). The molecular formula is C33H23N3O3. The summed E-state index contributed by atoms with van der Waals surface area (Å²) in [5.41, 5.74) is 6.71. The lowest BCUT2D eigenvalue weighted by Gasteiger charge is -2.45. The normalized spacial score (nSPS) is 22.4. The lowest BCUT2D eigenvalue weighted by molar-refractivity contribution is -0.139. The van der Waals surface area contributed by atoms with Gasteiger partial charge in [0.2, 0.25) is 0 Å². The van der Waals surface area contributed by atoms with E-state index >= 15 is 0 Å². The molecule has 0 radical (unpaired) electrons. The lowest BCUT2D eigenvalue weighted by atomic mass is 9.55. The van der Waals surface area contributed by atoms with Gasteiger partial charge in [-0.3, -0.25) is 9.59 Å². The Kier molecular flexibility index (Phi) is 5.38. The summed E-state index contributed by atoms with van der Waals surface area (Å²) < 4.78 is 5.84. The van der Waals surface area contributed by atoms with Crippen LogP contribution < -0.4 is 4.74 Å². The van der Waals surface area contributed by atoms with Crippen LogP contribution in [0.15, 0.2) is 102 Å². The molecule has 0 aromatic heterocycles. The molecule has 188 valence electrons. The Balaban J connectivity index is 1.12. The molecule has 3 aliphatic carbocycles. The molecule has 2 bridgehead atoms. The van der Waals surface area contributed by atoms with Gasteiger partial charge in [0.1, 0.15) is 12.4 Å². The quantitative estimate of drug-likeness (QED) is 0.268. The van der Waals surface area contributed by atoms with E-state index in [4.69, 9.17) is 4.74 Å². The SMILES string of the molecule is N#Cc1ccccc1COc1ccc(/C=N\N2C(=O)[C@@H]3C4c5ccccc5C(c5ccccc54)[C@H]3C2=O)cc1. The molecule has 1 aliphatic heterocycles. The fourth-order valence-electron chi connectivity index (χ4n) is 6.47. The number of carbonyl (C=O) groups is 2. The third kappa shape index (κ3) is 3.58. The minimum absolute atomic E-state index is 0.147. The Bertz CT molecular complexity index is 1590. The van der Waals surface area contributed by atoms with Crippen molar-refractivity contribution in [3.8, 4) is 11.8 Å². The van der Waals surface area contributed by atoms with Crippen molar-refractivity contribution >= 4 is 18.0 Å². The van der Waals surface area contributed by atoms with E-state index in [9.17, 15) is 14.9 Å². The zero-order chi connectivity index (χ0) is 26.5. The molecule has 4 aromatic carbocycles. The number of benzene rings is 4. The number of hydrogen-bond donors (Lipinski definition) is 0. The van der Waals surface area contributed by atoms with Gasteiger partial charge in [-0.15, -0.1) is 0 Å². The van der Waals surface area contributed by atoms with Crippen LogP contribution in [0.1, 0.15) is 50.8 Å². The largest absolute Gasteiger partial charge is 0.489 e. The van der Waals surface area contributed by atoms with Gasteiger partial charge in [-0.25, -0.2) is 0 Å². The summed E-state index contributed by atoms with van der Waals surface area (Å²) in [6.07, 6.45) is 1.55. The number of hydrazone groups is 1. The Morgan fingerprint density at radius 3 is 1.79 bits per heavy atom. The first-order chi connectivity index (χ1) is 19.2. The van der Waals surface area contributed by atoms with E-state index in [1.54, 1.807) is 24.4 Å². The molecule has 1 saturated heterocycles. The number of ether oxygens (including phenoxy) is 1. The van der Waals surface area contributed by atoms with Crippen molar-refractivity contribution in [2.24, 2.45) is 16.9 Å². The van der Waals surface area contributed by atoms with E-state index in [1.165, 1.54) is 0 Å². The first-order valence-corrected chi connectivity index (χ1v) is 13.0. The summed E-state index contributed by atoms with van der Waals surface area (Å²) in [4.78, 5) is 27.3. The van der Waals surface area contributed by atoms with Crippen LogP contribution >= 0.6 is 0 Å². The van der Waals surface area contributed by atoms with Crippen LogP contribution in [-0.2, 0) is 16.2 Å².